The number of nitrogens with one attached hydrogen (secondary N) is 1. The largest absolute Gasteiger partial charge is 0.468 e. The molecule has 0 saturated carbocycles. The molecule has 0 aliphatic heterocycles. The number of sulfonamides is 1. The highest BCUT2D eigenvalue weighted by Crippen LogP contribution is 2.22. The number of carbonyl (C=O) groups excluding carboxylic acids is 1. The predicted molar refractivity (Wildman–Crippen MR) is 99.7 cm³/mol. The first-order chi connectivity index (χ1) is 11.9. The monoisotopic (exact) mass is 382 g/mol. The summed E-state index contributed by atoms with van der Waals surface area (Å²) in [6.07, 6.45) is 2.72. The zero-order chi connectivity index (χ0) is 18.3. The van der Waals surface area contributed by atoms with E-state index in [2.05, 4.69) is 5.32 Å². The number of rotatable bonds is 9. The van der Waals surface area contributed by atoms with Gasteiger partial charge in [-0.25, -0.2) is 8.42 Å². The lowest BCUT2D eigenvalue weighted by molar-refractivity contribution is -0.124. The highest BCUT2D eigenvalue weighted by atomic mass is 32.2. The molecule has 1 heterocycles. The van der Waals surface area contributed by atoms with Crippen molar-refractivity contribution in [3.8, 4) is 0 Å². The Balaban J connectivity index is 1.93. The number of likely N-dealkylation sites (N-methyl/N-ethyl adjacent to an activating group) is 1. The molecule has 0 aliphatic carbocycles. The lowest BCUT2D eigenvalue weighted by Crippen LogP contribution is -2.41. The standard InChI is InChI=1S/C17H22N2O4S2/c1-19(25(2,21)22)16(14-7-4-3-5-8-14)17(20)18-10-12-24-13-15-9-6-11-23-15/h3-9,11,16H,10,12-13H2,1-2H3,(H,18,20). The average Bonchev–Trinajstić information content (AvgIpc) is 3.08. The summed E-state index contributed by atoms with van der Waals surface area (Å²) < 4.78 is 30.1. The topological polar surface area (TPSA) is 79.6 Å². The maximum atomic E-state index is 12.6. The first-order valence-corrected chi connectivity index (χ1v) is 10.8. The number of furan rings is 1. The van der Waals surface area contributed by atoms with Crippen molar-refractivity contribution in [1.82, 2.24) is 9.62 Å². The summed E-state index contributed by atoms with van der Waals surface area (Å²) in [5.74, 6) is 1.98. The molecule has 0 aliphatic rings. The molecule has 136 valence electrons. The maximum Gasteiger partial charge on any atom is 0.243 e. The number of carbonyl (C=O) groups is 1. The molecule has 0 saturated heterocycles. The van der Waals surface area contributed by atoms with Gasteiger partial charge < -0.3 is 9.73 Å². The summed E-state index contributed by atoms with van der Waals surface area (Å²) in [7, 11) is -2.09. The second kappa shape index (κ2) is 9.07. The fraction of sp³-hybridized carbons (Fsp3) is 0.353. The molecule has 1 amide bonds. The number of thioether (sulfide) groups is 1. The first-order valence-electron chi connectivity index (χ1n) is 7.75. The summed E-state index contributed by atoms with van der Waals surface area (Å²) in [4.78, 5) is 12.6. The number of amides is 1. The van der Waals surface area contributed by atoms with Crippen molar-refractivity contribution in [3.63, 3.8) is 0 Å². The van der Waals surface area contributed by atoms with Gasteiger partial charge in [0.2, 0.25) is 15.9 Å². The van der Waals surface area contributed by atoms with E-state index in [1.807, 2.05) is 18.2 Å². The lowest BCUT2D eigenvalue weighted by Gasteiger charge is -2.25. The fourth-order valence-corrected chi connectivity index (χ4v) is 3.62. The zero-order valence-corrected chi connectivity index (χ0v) is 15.8. The van der Waals surface area contributed by atoms with Crippen LogP contribution in [0.5, 0.6) is 0 Å². The van der Waals surface area contributed by atoms with Crippen LogP contribution in [0.25, 0.3) is 0 Å². The van der Waals surface area contributed by atoms with Gasteiger partial charge in [-0.05, 0) is 17.7 Å². The Morgan fingerprint density at radius 1 is 1.24 bits per heavy atom. The summed E-state index contributed by atoms with van der Waals surface area (Å²) >= 11 is 1.63. The Morgan fingerprint density at radius 2 is 1.96 bits per heavy atom. The van der Waals surface area contributed by atoms with Crippen LogP contribution in [0, 0.1) is 0 Å². The molecule has 25 heavy (non-hydrogen) atoms. The highest BCUT2D eigenvalue weighted by molar-refractivity contribution is 7.98. The fourth-order valence-electron chi connectivity index (χ4n) is 2.26. The molecule has 6 nitrogen and oxygen atoms in total. The van der Waals surface area contributed by atoms with Crippen molar-refractivity contribution in [3.05, 3.63) is 60.1 Å². The van der Waals surface area contributed by atoms with Crippen LogP contribution in [0.15, 0.2) is 53.1 Å². The van der Waals surface area contributed by atoms with Crippen molar-refractivity contribution in [1.29, 1.82) is 0 Å². The van der Waals surface area contributed by atoms with Crippen LogP contribution < -0.4 is 5.32 Å². The van der Waals surface area contributed by atoms with Gasteiger partial charge in [0.25, 0.3) is 0 Å². The third-order valence-electron chi connectivity index (χ3n) is 3.62. The van der Waals surface area contributed by atoms with Gasteiger partial charge in [0, 0.05) is 19.3 Å². The van der Waals surface area contributed by atoms with E-state index in [-0.39, 0.29) is 5.91 Å². The Bertz CT molecular complexity index is 761. The molecule has 2 rings (SSSR count). The molecule has 0 bridgehead atoms. The molecule has 1 aromatic carbocycles. The minimum absolute atomic E-state index is 0.335. The van der Waals surface area contributed by atoms with E-state index in [1.54, 1.807) is 42.3 Å². The molecule has 8 heteroatoms. The van der Waals surface area contributed by atoms with Gasteiger partial charge >= 0.3 is 0 Å². The zero-order valence-electron chi connectivity index (χ0n) is 14.2. The molecule has 0 fully saturated rings. The van der Waals surface area contributed by atoms with E-state index in [0.29, 0.717) is 17.9 Å². The second-order valence-electron chi connectivity index (χ2n) is 5.52. The van der Waals surface area contributed by atoms with Crippen molar-refractivity contribution in [2.24, 2.45) is 0 Å². The van der Waals surface area contributed by atoms with Crippen molar-refractivity contribution in [2.45, 2.75) is 11.8 Å². The van der Waals surface area contributed by atoms with Crippen molar-refractivity contribution < 1.29 is 17.6 Å². The van der Waals surface area contributed by atoms with Crippen LogP contribution >= 0.6 is 11.8 Å². The minimum Gasteiger partial charge on any atom is -0.468 e. The smallest absolute Gasteiger partial charge is 0.243 e. The van der Waals surface area contributed by atoms with Gasteiger partial charge in [0.1, 0.15) is 11.8 Å². The van der Waals surface area contributed by atoms with Crippen LogP contribution in [0.3, 0.4) is 0 Å². The van der Waals surface area contributed by atoms with E-state index in [9.17, 15) is 13.2 Å². The number of hydrogen-bond donors (Lipinski definition) is 1. The van der Waals surface area contributed by atoms with E-state index < -0.39 is 16.1 Å². The Morgan fingerprint density at radius 3 is 2.56 bits per heavy atom. The van der Waals surface area contributed by atoms with Gasteiger partial charge in [0.15, 0.2) is 0 Å². The van der Waals surface area contributed by atoms with E-state index >= 15 is 0 Å². The average molecular weight is 383 g/mol. The quantitative estimate of drug-likeness (QED) is 0.673. The molecule has 1 aromatic heterocycles. The second-order valence-corrected chi connectivity index (χ2v) is 8.66. The van der Waals surface area contributed by atoms with Crippen LogP contribution in [0.4, 0.5) is 0 Å². The first kappa shape index (κ1) is 19.6. The van der Waals surface area contributed by atoms with Crippen LogP contribution in [-0.4, -0.2) is 44.2 Å². The highest BCUT2D eigenvalue weighted by Gasteiger charge is 2.30. The molecule has 0 radical (unpaired) electrons. The minimum atomic E-state index is -3.51. The third-order valence-corrected chi connectivity index (χ3v) is 5.86. The van der Waals surface area contributed by atoms with E-state index in [1.165, 1.54) is 7.05 Å². The van der Waals surface area contributed by atoms with E-state index in [4.69, 9.17) is 4.42 Å². The number of hydrogen-bond acceptors (Lipinski definition) is 5. The molecule has 0 spiro atoms. The van der Waals surface area contributed by atoms with Gasteiger partial charge in [-0.1, -0.05) is 30.3 Å². The lowest BCUT2D eigenvalue weighted by atomic mass is 10.1. The molecule has 1 N–H and O–H groups in total. The summed E-state index contributed by atoms with van der Waals surface area (Å²) in [5.41, 5.74) is 0.635. The SMILES string of the molecule is CN(C(C(=O)NCCSCc1ccco1)c1ccccc1)S(C)(=O)=O. The molecular formula is C17H22N2O4S2. The summed E-state index contributed by atoms with van der Waals surface area (Å²) in [6.45, 7) is 0.450. The summed E-state index contributed by atoms with van der Waals surface area (Å²) in [6, 6.07) is 11.7. The summed E-state index contributed by atoms with van der Waals surface area (Å²) in [5, 5.41) is 2.82. The normalized spacial score (nSPS) is 12.9. The van der Waals surface area contributed by atoms with Crippen LogP contribution in [0.2, 0.25) is 0 Å². The van der Waals surface area contributed by atoms with E-state index in [0.717, 1.165) is 22.1 Å². The van der Waals surface area contributed by atoms with Crippen molar-refractivity contribution >= 4 is 27.7 Å². The molecule has 1 unspecified atom stereocenters. The molecule has 1 atom stereocenters. The van der Waals surface area contributed by atoms with Gasteiger partial charge in [-0.3, -0.25) is 4.79 Å². The van der Waals surface area contributed by atoms with Gasteiger partial charge in [0.05, 0.1) is 18.3 Å². The Hall–Kier alpha value is -1.77. The van der Waals surface area contributed by atoms with Gasteiger partial charge in [-0.2, -0.15) is 16.1 Å². The number of nitrogens with zero attached hydrogens (tertiary/aromatic N) is 1. The van der Waals surface area contributed by atoms with Crippen LogP contribution in [0.1, 0.15) is 17.4 Å². The third kappa shape index (κ3) is 5.91. The molecule has 2 aromatic rings. The Kier molecular flexibility index (Phi) is 7.10. The number of benzene rings is 1. The molecular weight excluding hydrogens is 360 g/mol. The van der Waals surface area contributed by atoms with Crippen molar-refractivity contribution in [2.75, 3.05) is 25.6 Å². The Labute approximate surface area is 152 Å². The maximum absolute atomic E-state index is 12.6. The van der Waals surface area contributed by atoms with Gasteiger partial charge in [-0.15, -0.1) is 0 Å². The predicted octanol–water partition coefficient (Wildman–Crippen LogP) is 2.26. The van der Waals surface area contributed by atoms with Crippen LogP contribution in [-0.2, 0) is 20.6 Å².